The molecule has 0 spiro atoms. The molecule has 3 aliphatic rings. The van der Waals surface area contributed by atoms with Crippen LogP contribution in [0.4, 0.5) is 0 Å². The van der Waals surface area contributed by atoms with Crippen molar-refractivity contribution in [1.29, 1.82) is 0 Å². The van der Waals surface area contributed by atoms with E-state index < -0.39 is 5.60 Å². The monoisotopic (exact) mass is 522 g/mol. The van der Waals surface area contributed by atoms with Gasteiger partial charge in [0.1, 0.15) is 18.1 Å². The summed E-state index contributed by atoms with van der Waals surface area (Å²) < 4.78 is 12.0. The van der Waals surface area contributed by atoms with Crippen LogP contribution >= 0.6 is 11.6 Å². The van der Waals surface area contributed by atoms with Gasteiger partial charge in [-0.3, -0.25) is 4.99 Å². The molecule has 37 heavy (non-hydrogen) atoms. The first-order chi connectivity index (χ1) is 18.1. The van der Waals surface area contributed by atoms with Gasteiger partial charge in [-0.2, -0.15) is 0 Å². The van der Waals surface area contributed by atoms with Gasteiger partial charge >= 0.3 is 0 Å². The summed E-state index contributed by atoms with van der Waals surface area (Å²) in [7, 11) is 0. The molecule has 2 atom stereocenters. The van der Waals surface area contributed by atoms with Gasteiger partial charge in [-0.15, -0.1) is 0 Å². The summed E-state index contributed by atoms with van der Waals surface area (Å²) in [6.07, 6.45) is 11.3. The quantitative estimate of drug-likeness (QED) is 0.483. The van der Waals surface area contributed by atoms with Crippen LogP contribution < -0.4 is 9.47 Å². The number of piperidine rings is 1. The van der Waals surface area contributed by atoms with E-state index in [1.165, 1.54) is 5.57 Å². The predicted octanol–water partition coefficient (Wildman–Crippen LogP) is 4.88. The SMILES string of the molecule is OCCCOc1ccc2c(c1)/C(=C/CCN1CCC(O)(c3ccc(Cl)cc3)CC1)[C@@H]1C=CC=NC1CO2. The first-order valence-electron chi connectivity index (χ1n) is 13.2. The van der Waals surface area contributed by atoms with E-state index in [1.807, 2.05) is 48.7 Å². The number of nitrogens with zero attached hydrogens (tertiary/aromatic N) is 2. The number of halogens is 1. The molecule has 5 rings (SSSR count). The Hall–Kier alpha value is -2.64. The maximum Gasteiger partial charge on any atom is 0.127 e. The zero-order valence-corrected chi connectivity index (χ0v) is 21.8. The molecule has 196 valence electrons. The number of benzene rings is 2. The topological polar surface area (TPSA) is 74.5 Å². The Bertz CT molecular complexity index is 1150. The van der Waals surface area contributed by atoms with Crippen LogP contribution in [0.1, 0.15) is 36.8 Å². The van der Waals surface area contributed by atoms with Gasteiger partial charge in [-0.05, 0) is 66.8 Å². The van der Waals surface area contributed by atoms with E-state index in [-0.39, 0.29) is 18.6 Å². The van der Waals surface area contributed by atoms with Crippen molar-refractivity contribution in [2.24, 2.45) is 10.9 Å². The molecule has 1 fully saturated rings. The van der Waals surface area contributed by atoms with Crippen LogP contribution in [0, 0.1) is 5.92 Å². The second-order valence-corrected chi connectivity index (χ2v) is 10.4. The number of dihydropyridines is 1. The highest BCUT2D eigenvalue weighted by atomic mass is 35.5. The maximum atomic E-state index is 11.2. The molecule has 0 aliphatic carbocycles. The van der Waals surface area contributed by atoms with E-state index in [4.69, 9.17) is 31.2 Å². The van der Waals surface area contributed by atoms with Gasteiger partial charge in [-0.25, -0.2) is 0 Å². The van der Waals surface area contributed by atoms with Crippen LogP contribution in [0.15, 0.2) is 65.7 Å². The smallest absolute Gasteiger partial charge is 0.127 e. The van der Waals surface area contributed by atoms with Crippen molar-refractivity contribution < 1.29 is 19.7 Å². The number of rotatable bonds is 8. The van der Waals surface area contributed by atoms with E-state index in [0.29, 0.717) is 37.5 Å². The molecule has 0 amide bonds. The number of aliphatic hydroxyl groups is 2. The largest absolute Gasteiger partial charge is 0.493 e. The first kappa shape index (κ1) is 26.0. The minimum atomic E-state index is -0.790. The molecule has 3 aliphatic heterocycles. The van der Waals surface area contributed by atoms with Crippen molar-refractivity contribution in [3.05, 3.63) is 76.8 Å². The highest BCUT2D eigenvalue weighted by Gasteiger charge is 2.34. The molecule has 0 bridgehead atoms. The Morgan fingerprint density at radius 3 is 2.76 bits per heavy atom. The normalized spacial score (nSPS) is 23.7. The van der Waals surface area contributed by atoms with Gasteiger partial charge < -0.3 is 24.6 Å². The minimum absolute atomic E-state index is 0.0479. The second kappa shape index (κ2) is 11.8. The molecule has 6 nitrogen and oxygen atoms in total. The highest BCUT2D eigenvalue weighted by Crippen LogP contribution is 2.41. The van der Waals surface area contributed by atoms with E-state index in [0.717, 1.165) is 48.7 Å². The summed E-state index contributed by atoms with van der Waals surface area (Å²) in [4.78, 5) is 7.12. The number of likely N-dealkylation sites (tertiary alicyclic amines) is 1. The molecule has 1 unspecified atom stereocenters. The fourth-order valence-corrected chi connectivity index (χ4v) is 5.54. The molecule has 0 saturated carbocycles. The summed E-state index contributed by atoms with van der Waals surface area (Å²) in [6, 6.07) is 13.6. The molecule has 0 radical (unpaired) electrons. The van der Waals surface area contributed by atoms with E-state index in [2.05, 4.69) is 23.1 Å². The second-order valence-electron chi connectivity index (χ2n) is 10.00. The average Bonchev–Trinajstić information content (AvgIpc) is 3.07. The van der Waals surface area contributed by atoms with Crippen LogP contribution in [0.3, 0.4) is 0 Å². The Morgan fingerprint density at radius 1 is 1.16 bits per heavy atom. The zero-order chi connectivity index (χ0) is 25.7. The lowest BCUT2D eigenvalue weighted by atomic mass is 9.84. The number of fused-ring (bicyclic) bond motifs is 2. The third-order valence-corrected chi connectivity index (χ3v) is 7.82. The third-order valence-electron chi connectivity index (χ3n) is 7.57. The summed E-state index contributed by atoms with van der Waals surface area (Å²) in [5.74, 6) is 1.78. The average molecular weight is 523 g/mol. The molecular formula is C30H35ClN2O4. The molecule has 2 aromatic rings. The molecule has 7 heteroatoms. The maximum absolute atomic E-state index is 11.2. The number of ether oxygens (including phenoxy) is 2. The summed E-state index contributed by atoms with van der Waals surface area (Å²) in [5, 5.41) is 21.0. The van der Waals surface area contributed by atoms with Crippen molar-refractivity contribution in [1.82, 2.24) is 4.90 Å². The zero-order valence-electron chi connectivity index (χ0n) is 21.1. The van der Waals surface area contributed by atoms with Crippen LogP contribution in [0.25, 0.3) is 5.57 Å². The first-order valence-corrected chi connectivity index (χ1v) is 13.6. The predicted molar refractivity (Wildman–Crippen MR) is 148 cm³/mol. The van der Waals surface area contributed by atoms with Crippen molar-refractivity contribution in [3.63, 3.8) is 0 Å². The van der Waals surface area contributed by atoms with Crippen LogP contribution in [0.2, 0.25) is 5.02 Å². The van der Waals surface area contributed by atoms with Crippen molar-refractivity contribution in [2.75, 3.05) is 39.5 Å². The van der Waals surface area contributed by atoms with Gasteiger partial charge in [0.15, 0.2) is 0 Å². The lowest BCUT2D eigenvalue weighted by Crippen LogP contribution is -2.42. The number of allylic oxidation sites excluding steroid dienone is 1. The van der Waals surface area contributed by atoms with Crippen molar-refractivity contribution >= 4 is 23.4 Å². The van der Waals surface area contributed by atoms with E-state index >= 15 is 0 Å². The Morgan fingerprint density at radius 2 is 1.97 bits per heavy atom. The standard InChI is InChI=1S/C30H35ClN2O4/c31-23-8-6-22(7-9-23)30(35)12-16-33(17-13-30)15-2-5-25-26-4-1-14-32-28(26)21-37-29-11-10-24(20-27(25)29)36-19-3-18-34/h1,4-11,14,20,26,28,34-35H,2-3,12-13,15-19,21H2/b25-5+/t26-,28?/m0/s1. The third kappa shape index (κ3) is 6.10. The van der Waals surface area contributed by atoms with E-state index in [9.17, 15) is 5.11 Å². The fraction of sp³-hybridized carbons (Fsp3) is 0.433. The van der Waals surface area contributed by atoms with Gasteiger partial charge in [0.05, 0.1) is 18.2 Å². The molecule has 3 heterocycles. The van der Waals surface area contributed by atoms with Gasteiger partial charge in [-0.1, -0.05) is 35.9 Å². The van der Waals surface area contributed by atoms with Crippen LogP contribution in [0.5, 0.6) is 11.5 Å². The van der Waals surface area contributed by atoms with Crippen molar-refractivity contribution in [2.45, 2.75) is 37.3 Å². The van der Waals surface area contributed by atoms with Crippen molar-refractivity contribution in [3.8, 4) is 11.5 Å². The Labute approximate surface area is 223 Å². The van der Waals surface area contributed by atoms with Crippen LogP contribution in [-0.2, 0) is 5.60 Å². The summed E-state index contributed by atoms with van der Waals surface area (Å²) in [5.41, 5.74) is 2.42. The van der Waals surface area contributed by atoms with Gasteiger partial charge in [0, 0.05) is 55.4 Å². The summed E-state index contributed by atoms with van der Waals surface area (Å²) >= 11 is 6.03. The summed E-state index contributed by atoms with van der Waals surface area (Å²) in [6.45, 7) is 3.74. The van der Waals surface area contributed by atoms with Crippen LogP contribution in [-0.4, -0.2) is 66.8 Å². The van der Waals surface area contributed by atoms with E-state index in [1.54, 1.807) is 0 Å². The Balaban J connectivity index is 1.29. The molecule has 2 N–H and O–H groups in total. The molecular weight excluding hydrogens is 488 g/mol. The number of aliphatic hydroxyl groups excluding tert-OH is 1. The Kier molecular flexibility index (Phi) is 8.30. The number of hydrogen-bond donors (Lipinski definition) is 2. The minimum Gasteiger partial charge on any atom is -0.493 e. The molecule has 0 aromatic heterocycles. The molecule has 2 aromatic carbocycles. The number of aliphatic imine (C=N–C) groups is 1. The lowest BCUT2D eigenvalue weighted by Gasteiger charge is -2.38. The lowest BCUT2D eigenvalue weighted by molar-refractivity contribution is -0.0254. The molecule has 1 saturated heterocycles. The number of hydrogen-bond acceptors (Lipinski definition) is 6. The fourth-order valence-electron chi connectivity index (χ4n) is 5.41. The van der Waals surface area contributed by atoms with Gasteiger partial charge in [0.2, 0.25) is 0 Å². The highest BCUT2D eigenvalue weighted by molar-refractivity contribution is 6.30. The van der Waals surface area contributed by atoms with Gasteiger partial charge in [0.25, 0.3) is 0 Å².